The third-order valence-corrected chi connectivity index (χ3v) is 14.1. The number of benzene rings is 2. The van der Waals surface area contributed by atoms with Crippen molar-refractivity contribution in [2.75, 3.05) is 57.2 Å². The summed E-state index contributed by atoms with van der Waals surface area (Å²) in [5, 5.41) is 8.42. The van der Waals surface area contributed by atoms with Crippen molar-refractivity contribution in [1.29, 1.82) is 0 Å². The van der Waals surface area contributed by atoms with Crippen LogP contribution >= 0.6 is 0 Å². The van der Waals surface area contributed by atoms with Gasteiger partial charge in [0, 0.05) is 62.4 Å². The van der Waals surface area contributed by atoms with Crippen LogP contribution in [0.4, 0.5) is 21.1 Å². The van der Waals surface area contributed by atoms with Crippen molar-refractivity contribution in [2.45, 2.75) is 111 Å². The minimum Gasteiger partial charge on any atom is -0.453 e. The number of ether oxygens (including phenoxy) is 2. The molecule has 3 fully saturated rings. The highest BCUT2D eigenvalue weighted by atomic mass is 16.5. The van der Waals surface area contributed by atoms with E-state index in [0.29, 0.717) is 68.5 Å². The number of imidazole rings is 1. The van der Waals surface area contributed by atoms with E-state index in [1.165, 1.54) is 14.2 Å². The minimum absolute atomic E-state index is 0.0867. The first-order valence-electron chi connectivity index (χ1n) is 24.3. The lowest BCUT2D eigenvalue weighted by atomic mass is 9.93. The fourth-order valence-corrected chi connectivity index (χ4v) is 10.0. The van der Waals surface area contributed by atoms with Crippen molar-refractivity contribution in [3.05, 3.63) is 83.4 Å². The quantitative estimate of drug-likeness (QED) is 0.109. The van der Waals surface area contributed by atoms with E-state index >= 15 is 0 Å². The Morgan fingerprint density at radius 1 is 0.800 bits per heavy atom. The van der Waals surface area contributed by atoms with Gasteiger partial charge in [-0.1, -0.05) is 52.0 Å². The molecule has 4 N–H and O–H groups in total. The van der Waals surface area contributed by atoms with E-state index in [9.17, 15) is 28.8 Å². The number of methoxy groups -OCH3 is 2. The maximum atomic E-state index is 14.2. The highest BCUT2D eigenvalue weighted by molar-refractivity contribution is 6.05. The predicted octanol–water partition coefficient (Wildman–Crippen LogP) is 6.85. The van der Waals surface area contributed by atoms with Gasteiger partial charge >= 0.3 is 12.2 Å². The number of carbonyl (C=O) groups excluding carboxylic acids is 6. The van der Waals surface area contributed by atoms with Gasteiger partial charge in [0.15, 0.2) is 0 Å². The van der Waals surface area contributed by atoms with Crippen LogP contribution in [0.3, 0.4) is 0 Å². The summed E-state index contributed by atoms with van der Waals surface area (Å²) in [4.78, 5) is 99.5. The van der Waals surface area contributed by atoms with Crippen molar-refractivity contribution < 1.29 is 38.2 Å². The van der Waals surface area contributed by atoms with Crippen LogP contribution < -0.4 is 20.9 Å². The number of aromatic amines is 1. The molecule has 0 bridgehead atoms. The molecule has 0 spiro atoms. The average Bonchev–Trinajstić information content (AvgIpc) is 4.14. The van der Waals surface area contributed by atoms with Crippen molar-refractivity contribution in [2.24, 2.45) is 11.8 Å². The van der Waals surface area contributed by atoms with Crippen LogP contribution in [0.2, 0.25) is 0 Å². The third-order valence-electron chi connectivity index (χ3n) is 14.1. The van der Waals surface area contributed by atoms with E-state index in [1.807, 2.05) is 90.8 Å². The van der Waals surface area contributed by atoms with Gasteiger partial charge in [-0.2, -0.15) is 0 Å². The molecule has 5 heterocycles. The van der Waals surface area contributed by atoms with E-state index in [2.05, 4.69) is 49.0 Å². The Morgan fingerprint density at radius 3 is 2.07 bits per heavy atom. The molecule has 3 aliphatic heterocycles. The zero-order valence-corrected chi connectivity index (χ0v) is 42.1. The molecule has 70 heavy (non-hydrogen) atoms. The monoisotopic (exact) mass is 961 g/mol. The second kappa shape index (κ2) is 21.3. The number of likely N-dealkylation sites (tertiary alicyclic amines) is 2. The van der Waals surface area contributed by atoms with Gasteiger partial charge in [-0.15, -0.1) is 0 Å². The molecule has 0 radical (unpaired) electrons. The van der Waals surface area contributed by atoms with Gasteiger partial charge in [-0.3, -0.25) is 19.2 Å². The predicted molar refractivity (Wildman–Crippen MR) is 266 cm³/mol. The van der Waals surface area contributed by atoms with Gasteiger partial charge in [-0.05, 0) is 112 Å². The lowest BCUT2D eigenvalue weighted by Gasteiger charge is -2.45. The molecule has 5 atom stereocenters. The molecule has 18 heteroatoms. The van der Waals surface area contributed by atoms with Crippen molar-refractivity contribution in [3.8, 4) is 22.4 Å². The van der Waals surface area contributed by atoms with Gasteiger partial charge in [-0.25, -0.2) is 19.6 Å². The van der Waals surface area contributed by atoms with Crippen LogP contribution in [-0.4, -0.2) is 136 Å². The normalized spacial score (nSPS) is 20.1. The molecule has 6 amide bonds. The zero-order chi connectivity index (χ0) is 50.6. The maximum Gasteiger partial charge on any atom is 0.407 e. The molecular weight excluding hydrogens is 893 g/mol. The third kappa shape index (κ3) is 10.6. The highest BCUT2D eigenvalue weighted by Gasteiger charge is 2.50. The second-order valence-electron chi connectivity index (χ2n) is 19.7. The SMILES string of the molecule is COC(=O)N[C@H](C(=O)N1CCC[C@H]1c1nc(-c2ccc(-c3cc(C)c(NC(=O)c4ccc(N5CCN(C(=O)[C@]6(C)CCCN6C(=O)[C@@H](NC(=O)OC)C(C)C)C[C@H]5C)nc4)cc3C)cc2)c[nH]1)C(C)C. The molecule has 3 aliphatic rings. The first-order chi connectivity index (χ1) is 33.3. The number of piperazine rings is 1. The number of anilines is 2. The number of hydrogen-bond acceptors (Lipinski definition) is 11. The Morgan fingerprint density at radius 2 is 1.46 bits per heavy atom. The van der Waals surface area contributed by atoms with Crippen LogP contribution in [0.25, 0.3) is 22.4 Å². The second-order valence-corrected chi connectivity index (χ2v) is 19.7. The van der Waals surface area contributed by atoms with Gasteiger partial charge in [0.25, 0.3) is 5.91 Å². The molecule has 374 valence electrons. The lowest BCUT2D eigenvalue weighted by molar-refractivity contribution is -0.152. The van der Waals surface area contributed by atoms with Crippen LogP contribution in [0.1, 0.15) is 101 Å². The number of hydrogen-bond donors (Lipinski definition) is 4. The molecule has 2 aromatic carbocycles. The summed E-state index contributed by atoms with van der Waals surface area (Å²) >= 11 is 0. The van der Waals surface area contributed by atoms with Crippen LogP contribution in [0, 0.1) is 25.7 Å². The number of pyridine rings is 1. The molecule has 3 saturated heterocycles. The molecule has 0 saturated carbocycles. The number of nitrogens with one attached hydrogen (secondary N) is 4. The molecule has 18 nitrogen and oxygen atoms in total. The van der Waals surface area contributed by atoms with E-state index in [4.69, 9.17) is 14.5 Å². The molecule has 7 rings (SSSR count). The molecular formula is C52H68N10O8. The topological polar surface area (TPSA) is 211 Å². The summed E-state index contributed by atoms with van der Waals surface area (Å²) in [7, 11) is 2.54. The summed E-state index contributed by atoms with van der Waals surface area (Å²) in [5.74, 6) is 0.225. The summed E-state index contributed by atoms with van der Waals surface area (Å²) in [6, 6.07) is 13.9. The van der Waals surface area contributed by atoms with Gasteiger partial charge < -0.3 is 50.0 Å². The smallest absolute Gasteiger partial charge is 0.407 e. The zero-order valence-electron chi connectivity index (χ0n) is 42.1. The van der Waals surface area contributed by atoms with E-state index in [1.54, 1.807) is 22.1 Å². The van der Waals surface area contributed by atoms with Crippen LogP contribution in [0.5, 0.6) is 0 Å². The van der Waals surface area contributed by atoms with Crippen molar-refractivity contribution >= 4 is 47.3 Å². The van der Waals surface area contributed by atoms with Gasteiger partial charge in [0.1, 0.15) is 29.3 Å². The first kappa shape index (κ1) is 50.9. The summed E-state index contributed by atoms with van der Waals surface area (Å²) in [6.45, 7) is 17.7. The minimum atomic E-state index is -1.04. The Kier molecular flexibility index (Phi) is 15.5. The molecule has 2 aromatic heterocycles. The number of carbonyl (C=O) groups is 6. The summed E-state index contributed by atoms with van der Waals surface area (Å²) in [6.07, 6.45) is 4.90. The Bertz CT molecular complexity index is 2580. The van der Waals surface area contributed by atoms with E-state index in [0.717, 1.165) is 46.4 Å². The molecule has 0 unspecified atom stereocenters. The fourth-order valence-electron chi connectivity index (χ4n) is 10.0. The Labute approximate surface area is 410 Å². The molecule has 4 aromatic rings. The Balaban J connectivity index is 0.950. The fraction of sp³-hybridized carbons (Fsp3) is 0.500. The van der Waals surface area contributed by atoms with Gasteiger partial charge in [0.05, 0.1) is 31.5 Å². The van der Waals surface area contributed by atoms with Gasteiger partial charge in [0.2, 0.25) is 17.7 Å². The maximum absolute atomic E-state index is 14.2. The van der Waals surface area contributed by atoms with Crippen molar-refractivity contribution in [3.63, 3.8) is 0 Å². The first-order valence-corrected chi connectivity index (χ1v) is 24.3. The van der Waals surface area contributed by atoms with Crippen LogP contribution in [-0.2, 0) is 23.9 Å². The number of alkyl carbamates (subject to hydrolysis) is 2. The number of aryl methyl sites for hydroxylation is 2. The number of H-pyrrole nitrogens is 1. The summed E-state index contributed by atoms with van der Waals surface area (Å²) in [5.41, 5.74) is 5.67. The Hall–Kier alpha value is -6.98. The standard InChI is InChI=1S/C52H68N10O8/c1-30(2)43(57-50(67)69-9)47(64)61-21-11-13-41(61)45-54-28-40(55-45)36-16-14-35(15-17-36)38-25-33(6)39(26-32(38)5)56-46(63)37-18-19-42(53-27-37)60-24-23-59(29-34(60)7)49(66)52(8)20-12-22-62(52)48(65)44(31(3)4)58-51(68)70-10/h14-19,25-28,30-31,34,41,43-44H,11-13,20-24,29H2,1-10H3,(H,54,55)(H,56,63)(H,57,67)(H,58,68)/t34-,41+,43+,44+,52+/m1/s1. The number of nitrogens with zero attached hydrogens (tertiary/aromatic N) is 6. The average molecular weight is 961 g/mol. The highest BCUT2D eigenvalue weighted by Crippen LogP contribution is 2.36. The number of rotatable bonds is 13. The number of amides is 6. The lowest BCUT2D eigenvalue weighted by Crippen LogP contribution is -2.64. The van der Waals surface area contributed by atoms with E-state index < -0.39 is 29.8 Å². The largest absolute Gasteiger partial charge is 0.453 e. The molecule has 0 aliphatic carbocycles. The van der Waals surface area contributed by atoms with Crippen LogP contribution in [0.15, 0.2) is 60.9 Å². The van der Waals surface area contributed by atoms with E-state index in [-0.39, 0.29) is 47.5 Å². The summed E-state index contributed by atoms with van der Waals surface area (Å²) < 4.78 is 9.53. The number of aromatic nitrogens is 3. The van der Waals surface area contributed by atoms with Crippen molar-refractivity contribution in [1.82, 2.24) is 40.3 Å².